The second kappa shape index (κ2) is 7.29. The molecule has 0 aliphatic carbocycles. The van der Waals surface area contributed by atoms with Crippen molar-refractivity contribution < 1.29 is 0 Å². The summed E-state index contributed by atoms with van der Waals surface area (Å²) in [6.07, 6.45) is 9.46. The SMILES string of the molecule is N#Cc1ncccc1CNCCCCn1ccnc1. The Bertz CT molecular complexity index is 527. The number of unbranched alkanes of at least 4 members (excludes halogenated alkanes) is 1. The summed E-state index contributed by atoms with van der Waals surface area (Å²) in [7, 11) is 0. The molecule has 0 saturated carbocycles. The standard InChI is InChI=1S/C14H17N5/c15-10-14-13(4-3-6-18-14)11-16-5-1-2-8-19-9-7-17-12-19/h3-4,6-7,9,12,16H,1-2,5,8,11H2. The number of nitriles is 1. The molecule has 0 aliphatic heterocycles. The van der Waals surface area contributed by atoms with E-state index in [1.165, 1.54) is 0 Å². The lowest BCUT2D eigenvalue weighted by Gasteiger charge is -2.06. The van der Waals surface area contributed by atoms with Crippen LogP contribution >= 0.6 is 0 Å². The lowest BCUT2D eigenvalue weighted by molar-refractivity contribution is 0.567. The van der Waals surface area contributed by atoms with Gasteiger partial charge in [-0.25, -0.2) is 9.97 Å². The van der Waals surface area contributed by atoms with Gasteiger partial charge in [0.2, 0.25) is 0 Å². The number of aryl methyl sites for hydroxylation is 1. The normalized spacial score (nSPS) is 10.3. The molecular formula is C14H17N5. The van der Waals surface area contributed by atoms with Crippen molar-refractivity contribution >= 4 is 0 Å². The van der Waals surface area contributed by atoms with Crippen LogP contribution in [-0.2, 0) is 13.1 Å². The number of nitrogens with one attached hydrogen (secondary N) is 1. The first-order valence-corrected chi connectivity index (χ1v) is 6.40. The number of imidazole rings is 1. The smallest absolute Gasteiger partial charge is 0.144 e. The van der Waals surface area contributed by atoms with Gasteiger partial charge in [-0.2, -0.15) is 5.26 Å². The van der Waals surface area contributed by atoms with E-state index in [2.05, 4.69) is 25.9 Å². The highest BCUT2D eigenvalue weighted by Crippen LogP contribution is 2.03. The Labute approximate surface area is 112 Å². The molecule has 2 aromatic heterocycles. The molecule has 2 aromatic rings. The summed E-state index contributed by atoms with van der Waals surface area (Å²) >= 11 is 0. The van der Waals surface area contributed by atoms with Gasteiger partial charge in [-0.1, -0.05) is 6.07 Å². The molecule has 1 N–H and O–H groups in total. The summed E-state index contributed by atoms with van der Waals surface area (Å²) in [5.74, 6) is 0. The second-order valence-corrected chi connectivity index (χ2v) is 4.31. The van der Waals surface area contributed by atoms with Gasteiger partial charge in [0, 0.05) is 37.2 Å². The summed E-state index contributed by atoms with van der Waals surface area (Å²) in [5.41, 5.74) is 1.47. The Balaban J connectivity index is 1.63. The highest BCUT2D eigenvalue weighted by atomic mass is 15.0. The molecule has 0 saturated heterocycles. The van der Waals surface area contributed by atoms with Crippen molar-refractivity contribution in [2.45, 2.75) is 25.9 Å². The number of pyridine rings is 1. The molecule has 0 aliphatic rings. The van der Waals surface area contributed by atoms with E-state index >= 15 is 0 Å². The summed E-state index contributed by atoms with van der Waals surface area (Å²) in [6, 6.07) is 5.90. The van der Waals surface area contributed by atoms with Gasteiger partial charge < -0.3 is 9.88 Å². The second-order valence-electron chi connectivity index (χ2n) is 4.31. The molecule has 0 bridgehead atoms. The van der Waals surface area contributed by atoms with Gasteiger partial charge in [0.15, 0.2) is 0 Å². The fourth-order valence-corrected chi connectivity index (χ4v) is 1.87. The molecule has 5 heteroatoms. The first-order chi connectivity index (χ1) is 9.40. The minimum absolute atomic E-state index is 0.508. The Hall–Kier alpha value is -2.19. The van der Waals surface area contributed by atoms with Crippen LogP contribution in [0.5, 0.6) is 0 Å². The highest BCUT2D eigenvalue weighted by molar-refractivity contribution is 5.30. The predicted molar refractivity (Wildman–Crippen MR) is 72.1 cm³/mol. The average Bonchev–Trinajstić information content (AvgIpc) is 2.96. The lowest BCUT2D eigenvalue weighted by atomic mass is 10.2. The molecule has 5 nitrogen and oxygen atoms in total. The van der Waals surface area contributed by atoms with Gasteiger partial charge in [-0.05, 0) is 25.5 Å². The van der Waals surface area contributed by atoms with E-state index in [1.54, 1.807) is 12.4 Å². The van der Waals surface area contributed by atoms with E-state index in [1.807, 2.05) is 24.7 Å². The number of hydrogen-bond donors (Lipinski definition) is 1. The molecule has 0 fully saturated rings. The van der Waals surface area contributed by atoms with Gasteiger partial charge in [0.1, 0.15) is 11.8 Å². The highest BCUT2D eigenvalue weighted by Gasteiger charge is 2.00. The largest absolute Gasteiger partial charge is 0.337 e. The molecule has 2 rings (SSSR count). The van der Waals surface area contributed by atoms with Crippen LogP contribution in [0.2, 0.25) is 0 Å². The van der Waals surface area contributed by atoms with E-state index in [-0.39, 0.29) is 0 Å². The van der Waals surface area contributed by atoms with Crippen LogP contribution in [0, 0.1) is 11.3 Å². The van der Waals surface area contributed by atoms with E-state index in [4.69, 9.17) is 5.26 Å². The molecule has 0 amide bonds. The van der Waals surface area contributed by atoms with E-state index < -0.39 is 0 Å². The van der Waals surface area contributed by atoms with Crippen LogP contribution in [0.15, 0.2) is 37.1 Å². The molecule has 0 spiro atoms. The first kappa shape index (κ1) is 13.2. The Morgan fingerprint density at radius 1 is 1.32 bits per heavy atom. The van der Waals surface area contributed by atoms with Gasteiger partial charge in [-0.3, -0.25) is 0 Å². The minimum Gasteiger partial charge on any atom is -0.337 e. The number of rotatable bonds is 7. The maximum atomic E-state index is 8.92. The average molecular weight is 255 g/mol. The van der Waals surface area contributed by atoms with Crippen molar-refractivity contribution in [2.75, 3.05) is 6.54 Å². The first-order valence-electron chi connectivity index (χ1n) is 6.40. The van der Waals surface area contributed by atoms with Crippen LogP contribution in [0.1, 0.15) is 24.1 Å². The Kier molecular flexibility index (Phi) is 5.08. The monoisotopic (exact) mass is 255 g/mol. The van der Waals surface area contributed by atoms with Crippen LogP contribution in [-0.4, -0.2) is 21.1 Å². The van der Waals surface area contributed by atoms with Crippen LogP contribution < -0.4 is 5.32 Å². The van der Waals surface area contributed by atoms with Crippen molar-refractivity contribution in [2.24, 2.45) is 0 Å². The van der Waals surface area contributed by atoms with Gasteiger partial charge in [0.05, 0.1) is 6.33 Å². The van der Waals surface area contributed by atoms with Crippen LogP contribution in [0.25, 0.3) is 0 Å². The summed E-state index contributed by atoms with van der Waals surface area (Å²) < 4.78 is 2.08. The molecule has 0 aromatic carbocycles. The summed E-state index contributed by atoms with van der Waals surface area (Å²) in [4.78, 5) is 8.04. The molecule has 0 unspecified atom stereocenters. The zero-order valence-electron chi connectivity index (χ0n) is 10.8. The third kappa shape index (κ3) is 4.19. The van der Waals surface area contributed by atoms with Crippen LogP contribution in [0.4, 0.5) is 0 Å². The number of hydrogen-bond acceptors (Lipinski definition) is 4. The third-order valence-corrected chi connectivity index (χ3v) is 2.89. The van der Waals surface area contributed by atoms with Gasteiger partial charge >= 0.3 is 0 Å². The zero-order valence-corrected chi connectivity index (χ0v) is 10.8. The third-order valence-electron chi connectivity index (χ3n) is 2.89. The quantitative estimate of drug-likeness (QED) is 0.765. The molecule has 19 heavy (non-hydrogen) atoms. The fourth-order valence-electron chi connectivity index (χ4n) is 1.87. The molecule has 0 atom stereocenters. The lowest BCUT2D eigenvalue weighted by Crippen LogP contribution is -2.16. The number of aromatic nitrogens is 3. The molecular weight excluding hydrogens is 238 g/mol. The van der Waals surface area contributed by atoms with Crippen molar-refractivity contribution in [3.05, 3.63) is 48.3 Å². The maximum Gasteiger partial charge on any atom is 0.144 e. The maximum absolute atomic E-state index is 8.92. The van der Waals surface area contributed by atoms with Crippen molar-refractivity contribution in [1.29, 1.82) is 5.26 Å². The van der Waals surface area contributed by atoms with Gasteiger partial charge in [-0.15, -0.1) is 0 Å². The summed E-state index contributed by atoms with van der Waals surface area (Å²) in [6.45, 7) is 2.63. The van der Waals surface area contributed by atoms with Crippen molar-refractivity contribution in [3.8, 4) is 6.07 Å². The van der Waals surface area contributed by atoms with Crippen molar-refractivity contribution in [1.82, 2.24) is 19.9 Å². The Morgan fingerprint density at radius 3 is 3.05 bits per heavy atom. The van der Waals surface area contributed by atoms with E-state index in [0.29, 0.717) is 12.2 Å². The molecule has 98 valence electrons. The minimum atomic E-state index is 0.508. The zero-order chi connectivity index (χ0) is 13.3. The molecule has 0 radical (unpaired) electrons. The van der Waals surface area contributed by atoms with Gasteiger partial charge in [0.25, 0.3) is 0 Å². The molecule has 2 heterocycles. The fraction of sp³-hybridized carbons (Fsp3) is 0.357. The predicted octanol–water partition coefficient (Wildman–Crippen LogP) is 1.72. The summed E-state index contributed by atoms with van der Waals surface area (Å²) in [5, 5.41) is 12.3. The van der Waals surface area contributed by atoms with E-state index in [9.17, 15) is 0 Å². The van der Waals surface area contributed by atoms with E-state index in [0.717, 1.165) is 31.5 Å². The topological polar surface area (TPSA) is 66.5 Å². The Morgan fingerprint density at radius 2 is 2.26 bits per heavy atom. The van der Waals surface area contributed by atoms with Crippen LogP contribution in [0.3, 0.4) is 0 Å². The number of nitrogens with zero attached hydrogens (tertiary/aromatic N) is 4. The van der Waals surface area contributed by atoms with Crippen molar-refractivity contribution in [3.63, 3.8) is 0 Å².